The molecule has 1 atom stereocenters. The van der Waals surface area contributed by atoms with Gasteiger partial charge in [0.25, 0.3) is 10.0 Å². The fourth-order valence-electron chi connectivity index (χ4n) is 3.93. The van der Waals surface area contributed by atoms with Crippen LogP contribution in [-0.2, 0) is 14.8 Å². The van der Waals surface area contributed by atoms with Crippen molar-refractivity contribution in [3.05, 3.63) is 60.0 Å². The summed E-state index contributed by atoms with van der Waals surface area (Å²) in [5.74, 6) is -0.334. The Morgan fingerprint density at radius 2 is 1.93 bits per heavy atom. The van der Waals surface area contributed by atoms with E-state index >= 15 is 0 Å². The lowest BCUT2D eigenvalue weighted by molar-refractivity contribution is -0.123. The number of thiophene rings is 1. The summed E-state index contributed by atoms with van der Waals surface area (Å²) in [5.41, 5.74) is 0.856. The van der Waals surface area contributed by atoms with Crippen molar-refractivity contribution in [3.8, 4) is 0 Å². The van der Waals surface area contributed by atoms with Crippen LogP contribution in [-0.4, -0.2) is 38.3 Å². The van der Waals surface area contributed by atoms with Gasteiger partial charge in [0.15, 0.2) is 0 Å². The predicted molar refractivity (Wildman–Crippen MR) is 118 cm³/mol. The minimum absolute atomic E-state index is 0.00568. The van der Waals surface area contributed by atoms with Crippen molar-refractivity contribution in [2.75, 3.05) is 24.5 Å². The molecule has 0 N–H and O–H groups in total. The number of carbonyl (C=O) groups excluding carboxylic acids is 1. The molecule has 1 unspecified atom stereocenters. The van der Waals surface area contributed by atoms with Crippen LogP contribution in [0.4, 0.5) is 5.69 Å². The van der Waals surface area contributed by atoms with Gasteiger partial charge in [-0.2, -0.15) is 4.31 Å². The van der Waals surface area contributed by atoms with Crippen LogP contribution in [0, 0.1) is 5.92 Å². The lowest BCUT2D eigenvalue weighted by Gasteiger charge is -2.34. The maximum absolute atomic E-state index is 13.3. The molecule has 1 amide bonds. The first-order valence-electron chi connectivity index (χ1n) is 9.84. The highest BCUT2D eigenvalue weighted by Gasteiger charge is 2.35. The molecule has 0 radical (unpaired) electrons. The molecule has 0 spiro atoms. The molecule has 1 aromatic heterocycles. The topological polar surface area (TPSA) is 57.7 Å². The average Bonchev–Trinajstić information content (AvgIpc) is 3.30. The summed E-state index contributed by atoms with van der Waals surface area (Å²) in [6.07, 6.45) is 1.40. The molecular weight excluding hydrogens is 404 g/mol. The Balaban J connectivity index is 1.56. The highest BCUT2D eigenvalue weighted by Crippen LogP contribution is 2.29. The van der Waals surface area contributed by atoms with E-state index in [-0.39, 0.29) is 18.4 Å². The first-order chi connectivity index (χ1) is 14.0. The second-order valence-corrected chi connectivity index (χ2v) is 10.4. The summed E-state index contributed by atoms with van der Waals surface area (Å²) in [6, 6.07) is 17.4. The molecule has 1 aliphatic heterocycles. The number of rotatable bonds is 5. The van der Waals surface area contributed by atoms with E-state index in [1.54, 1.807) is 22.4 Å². The Hall–Kier alpha value is -2.22. The summed E-state index contributed by atoms with van der Waals surface area (Å²) >= 11 is 1.22. The molecule has 1 fully saturated rings. The van der Waals surface area contributed by atoms with Crippen molar-refractivity contribution >= 4 is 43.7 Å². The smallest absolute Gasteiger partial charge is 0.252 e. The van der Waals surface area contributed by atoms with E-state index in [9.17, 15) is 13.2 Å². The van der Waals surface area contributed by atoms with Gasteiger partial charge in [0, 0.05) is 25.3 Å². The zero-order valence-corrected chi connectivity index (χ0v) is 18.0. The maximum atomic E-state index is 13.3. The lowest BCUT2D eigenvalue weighted by Crippen LogP contribution is -2.46. The monoisotopic (exact) mass is 428 g/mol. The van der Waals surface area contributed by atoms with E-state index in [0.717, 1.165) is 16.5 Å². The molecule has 0 bridgehead atoms. The van der Waals surface area contributed by atoms with E-state index in [1.807, 2.05) is 49.4 Å². The Kier molecular flexibility index (Phi) is 5.72. The number of nitrogens with zero attached hydrogens (tertiary/aromatic N) is 2. The average molecular weight is 429 g/mol. The molecule has 0 saturated carbocycles. The third-order valence-electron chi connectivity index (χ3n) is 5.45. The Bertz CT molecular complexity index is 1110. The quantitative estimate of drug-likeness (QED) is 0.607. The third kappa shape index (κ3) is 3.95. The van der Waals surface area contributed by atoms with Crippen molar-refractivity contribution in [2.24, 2.45) is 5.92 Å². The fraction of sp³-hybridized carbons (Fsp3) is 0.318. The van der Waals surface area contributed by atoms with Crippen molar-refractivity contribution in [3.63, 3.8) is 0 Å². The number of carbonyl (C=O) groups is 1. The number of anilines is 1. The molecule has 2 heterocycles. The van der Waals surface area contributed by atoms with Crippen LogP contribution < -0.4 is 4.90 Å². The minimum Gasteiger partial charge on any atom is -0.312 e. The molecule has 4 rings (SSSR count). The normalized spacial score (nSPS) is 18.0. The van der Waals surface area contributed by atoms with E-state index in [0.29, 0.717) is 30.1 Å². The van der Waals surface area contributed by atoms with Crippen molar-refractivity contribution in [1.29, 1.82) is 0 Å². The van der Waals surface area contributed by atoms with Gasteiger partial charge in [0.1, 0.15) is 4.21 Å². The van der Waals surface area contributed by atoms with Crippen LogP contribution in [0.2, 0.25) is 0 Å². The predicted octanol–water partition coefficient (Wildman–Crippen LogP) is 4.36. The van der Waals surface area contributed by atoms with Gasteiger partial charge < -0.3 is 4.90 Å². The molecule has 152 valence electrons. The Labute approximate surface area is 175 Å². The van der Waals surface area contributed by atoms with Gasteiger partial charge in [-0.25, -0.2) is 8.42 Å². The Morgan fingerprint density at radius 1 is 1.14 bits per heavy atom. The molecule has 5 nitrogen and oxygen atoms in total. The second kappa shape index (κ2) is 8.26. The molecule has 1 saturated heterocycles. The van der Waals surface area contributed by atoms with E-state index in [2.05, 4.69) is 0 Å². The summed E-state index contributed by atoms with van der Waals surface area (Å²) in [7, 11) is -3.53. The lowest BCUT2D eigenvalue weighted by atomic mass is 9.97. The van der Waals surface area contributed by atoms with Gasteiger partial charge in [-0.1, -0.05) is 36.4 Å². The number of sulfonamides is 1. The summed E-state index contributed by atoms with van der Waals surface area (Å²) in [4.78, 5) is 15.1. The van der Waals surface area contributed by atoms with Gasteiger partial charge >= 0.3 is 0 Å². The zero-order valence-electron chi connectivity index (χ0n) is 16.3. The molecule has 7 heteroatoms. The number of fused-ring (bicyclic) bond motifs is 1. The largest absolute Gasteiger partial charge is 0.312 e. The molecular formula is C22H24N2O3S2. The fourth-order valence-corrected chi connectivity index (χ4v) is 6.60. The number of piperidine rings is 1. The van der Waals surface area contributed by atoms with Gasteiger partial charge in [-0.3, -0.25) is 4.79 Å². The first kappa shape index (κ1) is 20.1. The summed E-state index contributed by atoms with van der Waals surface area (Å²) in [5, 5.41) is 3.98. The molecule has 0 aliphatic carbocycles. The molecule has 29 heavy (non-hydrogen) atoms. The van der Waals surface area contributed by atoms with Crippen molar-refractivity contribution in [2.45, 2.75) is 24.0 Å². The molecule has 1 aliphatic rings. The van der Waals surface area contributed by atoms with E-state index in [4.69, 9.17) is 0 Å². The van der Waals surface area contributed by atoms with Crippen LogP contribution in [0.1, 0.15) is 19.8 Å². The standard InChI is InChI=1S/C22H24N2O3S2/c1-2-24(20-12-11-17-7-3-4-8-18(17)15-20)22(25)19-9-5-13-23(16-19)29(26,27)21-10-6-14-28-21/h3-4,6-8,10-12,14-15,19H,2,5,9,13,16H2,1H3. The zero-order chi connectivity index (χ0) is 20.4. The number of benzene rings is 2. The maximum Gasteiger partial charge on any atom is 0.252 e. The number of hydrogen-bond donors (Lipinski definition) is 0. The van der Waals surface area contributed by atoms with Gasteiger partial charge in [-0.05, 0) is 54.1 Å². The summed E-state index contributed by atoms with van der Waals surface area (Å²) < 4.78 is 27.6. The van der Waals surface area contributed by atoms with Gasteiger partial charge in [-0.15, -0.1) is 11.3 Å². The highest BCUT2D eigenvalue weighted by atomic mass is 32.2. The van der Waals surface area contributed by atoms with E-state index < -0.39 is 10.0 Å². The molecule has 2 aromatic carbocycles. The van der Waals surface area contributed by atoms with Crippen molar-refractivity contribution in [1.82, 2.24) is 4.31 Å². The molecule has 3 aromatic rings. The van der Waals surface area contributed by atoms with Gasteiger partial charge in [0.05, 0.1) is 5.92 Å². The third-order valence-corrected chi connectivity index (χ3v) is 8.69. The summed E-state index contributed by atoms with van der Waals surface area (Å²) in [6.45, 7) is 3.21. The van der Waals surface area contributed by atoms with Crippen LogP contribution >= 0.6 is 11.3 Å². The minimum atomic E-state index is -3.53. The highest BCUT2D eigenvalue weighted by molar-refractivity contribution is 7.91. The van der Waals surface area contributed by atoms with Crippen LogP contribution in [0.3, 0.4) is 0 Å². The first-order valence-corrected chi connectivity index (χ1v) is 12.2. The van der Waals surface area contributed by atoms with Gasteiger partial charge in [0.2, 0.25) is 5.91 Å². The second-order valence-electron chi connectivity index (χ2n) is 7.25. The number of amides is 1. The SMILES string of the molecule is CCN(C(=O)C1CCCN(S(=O)(=O)c2cccs2)C1)c1ccc2ccccc2c1. The van der Waals surface area contributed by atoms with E-state index in [1.165, 1.54) is 15.6 Å². The van der Waals surface area contributed by atoms with Crippen LogP contribution in [0.25, 0.3) is 10.8 Å². The van der Waals surface area contributed by atoms with Crippen LogP contribution in [0.15, 0.2) is 64.2 Å². The number of hydrogen-bond acceptors (Lipinski definition) is 4. The Morgan fingerprint density at radius 3 is 2.66 bits per heavy atom. The van der Waals surface area contributed by atoms with Crippen molar-refractivity contribution < 1.29 is 13.2 Å². The van der Waals surface area contributed by atoms with Crippen LogP contribution in [0.5, 0.6) is 0 Å².